The van der Waals surface area contributed by atoms with Crippen molar-refractivity contribution in [3.05, 3.63) is 63.7 Å². The number of carbonyl (C=O) groups excluding carboxylic acids is 1. The Hall–Kier alpha value is -3.37. The Morgan fingerprint density at radius 3 is 2.26 bits per heavy atom. The van der Waals surface area contributed by atoms with E-state index in [0.29, 0.717) is 18.8 Å². The zero-order chi connectivity index (χ0) is 22.6. The van der Waals surface area contributed by atoms with Crippen molar-refractivity contribution in [1.29, 1.82) is 0 Å². The van der Waals surface area contributed by atoms with E-state index >= 15 is 0 Å². The molecule has 166 valence electrons. The lowest BCUT2D eigenvalue weighted by Crippen LogP contribution is -2.48. The van der Waals surface area contributed by atoms with Crippen LogP contribution in [0.25, 0.3) is 0 Å². The van der Waals surface area contributed by atoms with Crippen LogP contribution in [0.5, 0.6) is 5.75 Å². The van der Waals surface area contributed by atoms with Crippen LogP contribution in [0.1, 0.15) is 15.9 Å². The molecule has 0 unspecified atom stereocenters. The van der Waals surface area contributed by atoms with Gasteiger partial charge in [0, 0.05) is 44.0 Å². The molecule has 0 aromatic heterocycles. The Morgan fingerprint density at radius 1 is 1.06 bits per heavy atom. The van der Waals surface area contributed by atoms with E-state index in [9.17, 15) is 32.5 Å². The number of nitro groups is 1. The first-order valence-corrected chi connectivity index (χ1v) is 9.39. The van der Waals surface area contributed by atoms with E-state index in [2.05, 4.69) is 0 Å². The summed E-state index contributed by atoms with van der Waals surface area (Å²) in [6.45, 7) is 0.172. The number of nitro benzene ring substituents is 1. The van der Waals surface area contributed by atoms with Gasteiger partial charge in [-0.3, -0.25) is 14.9 Å². The van der Waals surface area contributed by atoms with Crippen molar-refractivity contribution in [3.63, 3.8) is 0 Å². The van der Waals surface area contributed by atoms with Crippen molar-refractivity contribution in [2.24, 2.45) is 0 Å². The van der Waals surface area contributed by atoms with Gasteiger partial charge in [0.15, 0.2) is 0 Å². The largest absolute Gasteiger partial charge is 0.490 e. The molecule has 1 saturated heterocycles. The number of halogens is 4. The van der Waals surface area contributed by atoms with Crippen LogP contribution in [0, 0.1) is 10.1 Å². The second-order valence-corrected chi connectivity index (χ2v) is 6.80. The summed E-state index contributed by atoms with van der Waals surface area (Å²) in [5, 5.41) is 11.1. The molecule has 1 aliphatic rings. The first-order valence-electron chi connectivity index (χ1n) is 9.39. The van der Waals surface area contributed by atoms with Gasteiger partial charge < -0.3 is 14.5 Å². The van der Waals surface area contributed by atoms with Gasteiger partial charge in [0.2, 0.25) is 0 Å². The molecule has 0 saturated carbocycles. The molecule has 1 fully saturated rings. The molecule has 7 nitrogen and oxygen atoms in total. The molecule has 1 amide bonds. The van der Waals surface area contributed by atoms with Crippen LogP contribution in [0.2, 0.25) is 0 Å². The van der Waals surface area contributed by atoms with Crippen LogP contribution < -0.4 is 9.64 Å². The maximum absolute atomic E-state index is 12.9. The predicted molar refractivity (Wildman–Crippen MR) is 104 cm³/mol. The average molecular weight is 441 g/mol. The number of piperazine rings is 1. The zero-order valence-corrected chi connectivity index (χ0v) is 16.3. The average Bonchev–Trinajstić information content (AvgIpc) is 2.76. The summed E-state index contributed by atoms with van der Waals surface area (Å²) in [5.74, 6) is -0.442. The Labute approximate surface area is 175 Å². The Kier molecular flexibility index (Phi) is 6.62. The number of benzene rings is 2. The monoisotopic (exact) mass is 441 g/mol. The summed E-state index contributed by atoms with van der Waals surface area (Å²) in [7, 11) is 0. The predicted octanol–water partition coefficient (Wildman–Crippen LogP) is 3.92. The number of amides is 1. The number of hydrogen-bond donors (Lipinski definition) is 0. The van der Waals surface area contributed by atoms with Gasteiger partial charge in [-0.05, 0) is 30.3 Å². The number of alkyl halides is 4. The van der Waals surface area contributed by atoms with E-state index in [1.807, 2.05) is 4.90 Å². The summed E-state index contributed by atoms with van der Waals surface area (Å²) >= 11 is 0. The molecule has 11 heteroatoms. The lowest BCUT2D eigenvalue weighted by molar-refractivity contribution is -0.384. The van der Waals surface area contributed by atoms with Crippen molar-refractivity contribution in [2.45, 2.75) is 6.18 Å². The molecular weight excluding hydrogens is 422 g/mol. The van der Waals surface area contributed by atoms with Crippen molar-refractivity contribution >= 4 is 17.3 Å². The van der Waals surface area contributed by atoms with Gasteiger partial charge in [-0.1, -0.05) is 0 Å². The van der Waals surface area contributed by atoms with E-state index in [1.54, 1.807) is 0 Å². The summed E-state index contributed by atoms with van der Waals surface area (Å²) < 4.78 is 55.8. The van der Waals surface area contributed by atoms with Gasteiger partial charge >= 0.3 is 6.18 Å². The van der Waals surface area contributed by atoms with Crippen LogP contribution in [-0.2, 0) is 6.18 Å². The first kappa shape index (κ1) is 22.3. The molecule has 0 N–H and O–H groups in total. The molecular formula is C20H19F4N3O4. The van der Waals surface area contributed by atoms with E-state index in [-0.39, 0.29) is 36.7 Å². The zero-order valence-electron chi connectivity index (χ0n) is 16.3. The van der Waals surface area contributed by atoms with Gasteiger partial charge in [0.1, 0.15) is 19.0 Å². The third-order valence-electron chi connectivity index (χ3n) is 4.87. The van der Waals surface area contributed by atoms with Crippen molar-refractivity contribution in [2.75, 3.05) is 44.4 Å². The fourth-order valence-electron chi connectivity index (χ4n) is 3.27. The highest BCUT2D eigenvalue weighted by Crippen LogP contribution is 2.31. The smallest absolute Gasteiger partial charge is 0.416 e. The molecule has 0 bridgehead atoms. The van der Waals surface area contributed by atoms with Gasteiger partial charge in [0.05, 0.1) is 16.1 Å². The number of nitrogens with zero attached hydrogens (tertiary/aromatic N) is 3. The molecule has 0 atom stereocenters. The summed E-state index contributed by atoms with van der Waals surface area (Å²) in [6, 6.07) is 8.30. The standard InChI is InChI=1S/C20H19F4N3O4/c21-7-12-31-18-6-5-16(27(29)30)13-17(18)19(28)26-10-8-25(9-11-26)15-3-1-14(2-4-15)20(22,23)24/h1-6,13H,7-12H2. The number of hydrogen-bond acceptors (Lipinski definition) is 5. The van der Waals surface area contributed by atoms with Crippen LogP contribution in [0.15, 0.2) is 42.5 Å². The van der Waals surface area contributed by atoms with Crippen LogP contribution in [0.3, 0.4) is 0 Å². The van der Waals surface area contributed by atoms with Gasteiger partial charge in [-0.25, -0.2) is 4.39 Å². The SMILES string of the molecule is O=C(c1cc([N+](=O)[O-])ccc1OCCF)N1CCN(c2ccc(C(F)(F)F)cc2)CC1. The highest BCUT2D eigenvalue weighted by Gasteiger charge is 2.31. The minimum atomic E-state index is -4.41. The lowest BCUT2D eigenvalue weighted by Gasteiger charge is -2.36. The molecule has 0 radical (unpaired) electrons. The van der Waals surface area contributed by atoms with E-state index in [0.717, 1.165) is 18.2 Å². The summed E-state index contributed by atoms with van der Waals surface area (Å²) in [5.41, 5.74) is -0.469. The second kappa shape index (κ2) is 9.19. The molecule has 0 spiro atoms. The highest BCUT2D eigenvalue weighted by atomic mass is 19.4. The van der Waals surface area contributed by atoms with Crippen molar-refractivity contribution in [1.82, 2.24) is 4.90 Å². The van der Waals surface area contributed by atoms with Crippen LogP contribution >= 0.6 is 0 Å². The Bertz CT molecular complexity index is 942. The van der Waals surface area contributed by atoms with Crippen molar-refractivity contribution < 1.29 is 32.0 Å². The van der Waals surface area contributed by atoms with Gasteiger partial charge in [0.25, 0.3) is 11.6 Å². The Morgan fingerprint density at radius 2 is 1.71 bits per heavy atom. The molecule has 0 aliphatic carbocycles. The van der Waals surface area contributed by atoms with Crippen LogP contribution in [0.4, 0.5) is 28.9 Å². The minimum absolute atomic E-state index is 0.0365. The quantitative estimate of drug-likeness (QED) is 0.386. The number of anilines is 1. The fourth-order valence-corrected chi connectivity index (χ4v) is 3.27. The molecule has 1 heterocycles. The second-order valence-electron chi connectivity index (χ2n) is 6.80. The normalized spacial score (nSPS) is 14.5. The molecule has 2 aromatic rings. The van der Waals surface area contributed by atoms with E-state index < -0.39 is 29.2 Å². The lowest BCUT2D eigenvalue weighted by atomic mass is 10.1. The topological polar surface area (TPSA) is 75.9 Å². The number of non-ortho nitro benzene ring substituents is 1. The first-order chi connectivity index (χ1) is 14.7. The van der Waals surface area contributed by atoms with Crippen LogP contribution in [-0.4, -0.2) is 55.2 Å². The summed E-state index contributed by atoms with van der Waals surface area (Å²) in [6.07, 6.45) is -4.41. The fraction of sp³-hybridized carbons (Fsp3) is 0.350. The molecule has 3 rings (SSSR count). The maximum Gasteiger partial charge on any atom is 0.416 e. The van der Waals surface area contributed by atoms with E-state index in [4.69, 9.17) is 4.74 Å². The van der Waals surface area contributed by atoms with Gasteiger partial charge in [-0.2, -0.15) is 13.2 Å². The molecule has 1 aliphatic heterocycles. The molecule has 31 heavy (non-hydrogen) atoms. The third-order valence-corrected chi connectivity index (χ3v) is 4.87. The minimum Gasteiger partial charge on any atom is -0.490 e. The number of rotatable bonds is 6. The van der Waals surface area contributed by atoms with Gasteiger partial charge in [-0.15, -0.1) is 0 Å². The molecule has 2 aromatic carbocycles. The number of ether oxygens (including phenoxy) is 1. The van der Waals surface area contributed by atoms with E-state index in [1.165, 1.54) is 29.2 Å². The highest BCUT2D eigenvalue weighted by molar-refractivity contribution is 5.97. The maximum atomic E-state index is 12.9. The Balaban J connectivity index is 1.71. The summed E-state index contributed by atoms with van der Waals surface area (Å²) in [4.78, 5) is 26.7. The third kappa shape index (κ3) is 5.22. The van der Waals surface area contributed by atoms with Crippen molar-refractivity contribution in [3.8, 4) is 5.75 Å². The number of carbonyl (C=O) groups is 1.